The quantitative estimate of drug-likeness (QED) is 0.640. The number of amides is 1. The van der Waals surface area contributed by atoms with Gasteiger partial charge in [-0.2, -0.15) is 0 Å². The Morgan fingerprint density at radius 3 is 2.04 bits per heavy atom. The second-order valence-electron chi connectivity index (χ2n) is 5.29. The van der Waals surface area contributed by atoms with Crippen molar-refractivity contribution in [3.63, 3.8) is 0 Å². The molecule has 3 nitrogen and oxygen atoms in total. The molecule has 0 spiro atoms. The Labute approximate surface area is 149 Å². The number of anilines is 1. The lowest BCUT2D eigenvalue weighted by molar-refractivity contribution is -0.115. The van der Waals surface area contributed by atoms with Gasteiger partial charge in [-0.1, -0.05) is 46.3 Å². The average Bonchev–Trinajstić information content (AvgIpc) is 2.59. The van der Waals surface area contributed by atoms with Gasteiger partial charge in [0.2, 0.25) is 5.91 Å². The number of ether oxygens (including phenoxy) is 1. The molecule has 0 saturated heterocycles. The van der Waals surface area contributed by atoms with Crippen molar-refractivity contribution in [1.29, 1.82) is 0 Å². The number of carbonyl (C=O) groups excluding carboxylic acids is 1. The normalized spacial score (nSPS) is 10.2. The monoisotopic (exact) mass is 381 g/mol. The maximum Gasteiger partial charge on any atom is 0.228 e. The van der Waals surface area contributed by atoms with Crippen LogP contribution >= 0.6 is 15.9 Å². The Morgan fingerprint density at radius 1 is 0.833 bits per heavy atom. The topological polar surface area (TPSA) is 38.3 Å². The molecule has 0 aromatic heterocycles. The summed E-state index contributed by atoms with van der Waals surface area (Å²) in [6.45, 7) is 0. The average molecular weight is 382 g/mol. The van der Waals surface area contributed by atoms with E-state index in [2.05, 4.69) is 21.2 Å². The van der Waals surface area contributed by atoms with Crippen LogP contribution in [-0.4, -0.2) is 5.91 Å². The highest BCUT2D eigenvalue weighted by molar-refractivity contribution is 9.10. The van der Waals surface area contributed by atoms with Gasteiger partial charge >= 0.3 is 0 Å². The Bertz CT molecular complexity index is 799. The molecule has 0 atom stereocenters. The van der Waals surface area contributed by atoms with Crippen LogP contribution in [0, 0.1) is 0 Å². The Hall–Kier alpha value is -2.59. The van der Waals surface area contributed by atoms with E-state index in [0.717, 1.165) is 27.2 Å². The van der Waals surface area contributed by atoms with Crippen LogP contribution in [0.5, 0.6) is 11.5 Å². The molecule has 0 aliphatic heterocycles. The minimum absolute atomic E-state index is 0.0391. The van der Waals surface area contributed by atoms with Crippen molar-refractivity contribution in [1.82, 2.24) is 0 Å². The summed E-state index contributed by atoms with van der Waals surface area (Å²) in [6.07, 6.45) is 0.359. The third kappa shape index (κ3) is 4.70. The van der Waals surface area contributed by atoms with E-state index in [0.29, 0.717) is 6.42 Å². The smallest absolute Gasteiger partial charge is 0.228 e. The standard InChI is InChI=1S/C20H16BrNO2/c21-16-6-10-18(11-7-16)24-19-12-8-17(9-13-19)22-20(23)14-15-4-2-1-3-5-15/h1-13H,14H2,(H,22,23). The first-order chi connectivity index (χ1) is 11.7. The molecule has 3 rings (SSSR count). The molecule has 0 radical (unpaired) electrons. The SMILES string of the molecule is O=C(Cc1ccccc1)Nc1ccc(Oc2ccc(Br)cc2)cc1. The Morgan fingerprint density at radius 2 is 1.42 bits per heavy atom. The Balaban J connectivity index is 1.58. The first-order valence-corrected chi connectivity index (χ1v) is 8.35. The largest absolute Gasteiger partial charge is 0.457 e. The van der Waals surface area contributed by atoms with Crippen LogP contribution in [-0.2, 0) is 11.2 Å². The summed E-state index contributed by atoms with van der Waals surface area (Å²) < 4.78 is 6.76. The van der Waals surface area contributed by atoms with Crippen LogP contribution in [0.25, 0.3) is 0 Å². The number of rotatable bonds is 5. The maximum atomic E-state index is 12.0. The summed E-state index contributed by atoms with van der Waals surface area (Å²) in [5.74, 6) is 1.44. The van der Waals surface area contributed by atoms with Crippen LogP contribution < -0.4 is 10.1 Å². The molecule has 3 aromatic carbocycles. The molecular weight excluding hydrogens is 366 g/mol. The first-order valence-electron chi connectivity index (χ1n) is 7.56. The molecule has 0 aliphatic rings. The number of halogens is 1. The molecule has 0 heterocycles. The van der Waals surface area contributed by atoms with E-state index in [-0.39, 0.29) is 5.91 Å². The highest BCUT2D eigenvalue weighted by atomic mass is 79.9. The summed E-state index contributed by atoms with van der Waals surface area (Å²) >= 11 is 3.39. The van der Waals surface area contributed by atoms with Gasteiger partial charge in [0.05, 0.1) is 6.42 Å². The third-order valence-corrected chi connectivity index (χ3v) is 3.92. The van der Waals surface area contributed by atoms with Crippen molar-refractivity contribution in [3.05, 3.63) is 88.9 Å². The van der Waals surface area contributed by atoms with E-state index in [4.69, 9.17) is 4.74 Å². The summed E-state index contributed by atoms with van der Waals surface area (Å²) in [5, 5.41) is 2.89. The zero-order valence-electron chi connectivity index (χ0n) is 12.9. The summed E-state index contributed by atoms with van der Waals surface area (Å²) in [4.78, 5) is 12.0. The van der Waals surface area contributed by atoms with Gasteiger partial charge in [-0.3, -0.25) is 4.79 Å². The summed E-state index contributed by atoms with van der Waals surface area (Å²) in [5.41, 5.74) is 1.74. The van der Waals surface area contributed by atoms with Gasteiger partial charge in [0.25, 0.3) is 0 Å². The van der Waals surface area contributed by atoms with E-state index in [1.165, 1.54) is 0 Å². The zero-order chi connectivity index (χ0) is 16.8. The third-order valence-electron chi connectivity index (χ3n) is 3.39. The lowest BCUT2D eigenvalue weighted by Gasteiger charge is -2.08. The van der Waals surface area contributed by atoms with E-state index in [1.807, 2.05) is 78.9 Å². The zero-order valence-corrected chi connectivity index (χ0v) is 14.5. The van der Waals surface area contributed by atoms with Crippen LogP contribution in [0.15, 0.2) is 83.3 Å². The van der Waals surface area contributed by atoms with Crippen molar-refractivity contribution in [2.75, 3.05) is 5.32 Å². The van der Waals surface area contributed by atoms with Gasteiger partial charge in [-0.05, 0) is 54.1 Å². The van der Waals surface area contributed by atoms with Crippen molar-refractivity contribution < 1.29 is 9.53 Å². The highest BCUT2D eigenvalue weighted by Gasteiger charge is 2.04. The lowest BCUT2D eigenvalue weighted by Crippen LogP contribution is -2.14. The van der Waals surface area contributed by atoms with E-state index >= 15 is 0 Å². The van der Waals surface area contributed by atoms with Gasteiger partial charge in [0, 0.05) is 10.2 Å². The van der Waals surface area contributed by atoms with Crippen molar-refractivity contribution >= 4 is 27.5 Å². The number of carbonyl (C=O) groups is 1. The molecule has 24 heavy (non-hydrogen) atoms. The molecule has 0 aliphatic carbocycles. The number of hydrogen-bond donors (Lipinski definition) is 1. The molecule has 0 bridgehead atoms. The van der Waals surface area contributed by atoms with Gasteiger partial charge in [-0.15, -0.1) is 0 Å². The molecule has 4 heteroatoms. The molecule has 0 unspecified atom stereocenters. The number of hydrogen-bond acceptors (Lipinski definition) is 2. The fourth-order valence-corrected chi connectivity index (χ4v) is 2.50. The molecule has 120 valence electrons. The van der Waals surface area contributed by atoms with E-state index < -0.39 is 0 Å². The van der Waals surface area contributed by atoms with Gasteiger partial charge in [-0.25, -0.2) is 0 Å². The molecule has 1 amide bonds. The Kier molecular flexibility index (Phi) is 5.29. The molecule has 0 saturated carbocycles. The van der Waals surface area contributed by atoms with E-state index in [9.17, 15) is 4.79 Å². The maximum absolute atomic E-state index is 12.0. The van der Waals surface area contributed by atoms with Crippen LogP contribution in [0.1, 0.15) is 5.56 Å². The minimum Gasteiger partial charge on any atom is -0.457 e. The predicted molar refractivity (Wildman–Crippen MR) is 99.4 cm³/mol. The van der Waals surface area contributed by atoms with Crippen LogP contribution in [0.4, 0.5) is 5.69 Å². The second kappa shape index (κ2) is 7.79. The van der Waals surface area contributed by atoms with Crippen LogP contribution in [0.3, 0.4) is 0 Å². The second-order valence-corrected chi connectivity index (χ2v) is 6.21. The fourth-order valence-electron chi connectivity index (χ4n) is 2.23. The minimum atomic E-state index is -0.0391. The number of benzene rings is 3. The van der Waals surface area contributed by atoms with Crippen molar-refractivity contribution in [2.24, 2.45) is 0 Å². The molecule has 1 N–H and O–H groups in total. The van der Waals surface area contributed by atoms with Crippen molar-refractivity contribution in [2.45, 2.75) is 6.42 Å². The first kappa shape index (κ1) is 16.3. The summed E-state index contributed by atoms with van der Waals surface area (Å²) in [7, 11) is 0. The van der Waals surface area contributed by atoms with Gasteiger partial charge < -0.3 is 10.1 Å². The molecule has 3 aromatic rings. The lowest BCUT2D eigenvalue weighted by atomic mass is 10.1. The summed E-state index contributed by atoms with van der Waals surface area (Å²) in [6, 6.07) is 24.6. The molecular formula is C20H16BrNO2. The van der Waals surface area contributed by atoms with Gasteiger partial charge in [0.1, 0.15) is 11.5 Å². The van der Waals surface area contributed by atoms with E-state index in [1.54, 1.807) is 0 Å². The predicted octanol–water partition coefficient (Wildman–Crippen LogP) is 5.42. The van der Waals surface area contributed by atoms with Gasteiger partial charge in [0.15, 0.2) is 0 Å². The van der Waals surface area contributed by atoms with Crippen LogP contribution in [0.2, 0.25) is 0 Å². The number of nitrogens with one attached hydrogen (secondary N) is 1. The molecule has 0 fully saturated rings. The van der Waals surface area contributed by atoms with Crippen molar-refractivity contribution in [3.8, 4) is 11.5 Å². The highest BCUT2D eigenvalue weighted by Crippen LogP contribution is 2.24. The fraction of sp³-hybridized carbons (Fsp3) is 0.0500.